The number of nitrogens with one attached hydrogen (secondary N) is 3. The predicted molar refractivity (Wildman–Crippen MR) is 103 cm³/mol. The lowest BCUT2D eigenvalue weighted by Gasteiger charge is -2.32. The number of halogens is 2. The number of amides is 2. The highest BCUT2D eigenvalue weighted by Gasteiger charge is 2.41. The van der Waals surface area contributed by atoms with Crippen LogP contribution in [0, 0.1) is 11.7 Å². The Hall–Kier alpha value is -1.86. The second-order valence-corrected chi connectivity index (χ2v) is 8.51. The predicted octanol–water partition coefficient (Wildman–Crippen LogP) is 3.70. The molecule has 150 valence electrons. The van der Waals surface area contributed by atoms with Crippen LogP contribution < -0.4 is 16.0 Å². The Morgan fingerprint density at radius 3 is 2.52 bits per heavy atom. The summed E-state index contributed by atoms with van der Waals surface area (Å²) in [7, 11) is 0. The van der Waals surface area contributed by atoms with Crippen molar-refractivity contribution in [1.29, 1.82) is 0 Å². The van der Waals surface area contributed by atoms with Crippen molar-refractivity contribution < 1.29 is 18.7 Å². The molecule has 1 fully saturated rings. The molecule has 0 unspecified atom stereocenters. The van der Waals surface area contributed by atoms with Gasteiger partial charge in [0.05, 0.1) is 12.2 Å². The smallest absolute Gasteiger partial charge is 0.407 e. The van der Waals surface area contributed by atoms with Gasteiger partial charge in [0.15, 0.2) is 0 Å². The molecule has 0 bridgehead atoms. The number of alkyl carbamates (subject to hydrolysis) is 1. The lowest BCUT2D eigenvalue weighted by atomic mass is 9.95. The largest absolute Gasteiger partial charge is 0.444 e. The first-order chi connectivity index (χ1) is 12.5. The van der Waals surface area contributed by atoms with Gasteiger partial charge in [0.1, 0.15) is 11.4 Å². The molecule has 0 saturated heterocycles. The number of rotatable bonds is 7. The van der Waals surface area contributed by atoms with Crippen LogP contribution >= 0.6 is 11.6 Å². The van der Waals surface area contributed by atoms with Gasteiger partial charge < -0.3 is 20.7 Å². The van der Waals surface area contributed by atoms with Gasteiger partial charge in [0, 0.05) is 17.1 Å². The van der Waals surface area contributed by atoms with Crippen LogP contribution in [0.5, 0.6) is 0 Å². The van der Waals surface area contributed by atoms with E-state index in [1.807, 2.05) is 6.92 Å². The molecule has 2 amide bonds. The minimum atomic E-state index is -0.575. The Balaban J connectivity index is 1.88. The minimum absolute atomic E-state index is 0.0189. The Kier molecular flexibility index (Phi) is 6.70. The highest BCUT2D eigenvalue weighted by Crippen LogP contribution is 2.39. The quantitative estimate of drug-likeness (QED) is 0.653. The molecule has 6 nitrogen and oxygen atoms in total. The maximum Gasteiger partial charge on any atom is 0.407 e. The molecule has 0 aromatic heterocycles. The molecule has 27 heavy (non-hydrogen) atoms. The number of ether oxygens (including phenoxy) is 1. The summed E-state index contributed by atoms with van der Waals surface area (Å²) in [5.41, 5.74) is -0.996. The summed E-state index contributed by atoms with van der Waals surface area (Å²) in [6.45, 7) is 7.65. The molecule has 3 N–H and O–H groups in total. The summed E-state index contributed by atoms with van der Waals surface area (Å²) in [6.07, 6.45) is 1.54. The summed E-state index contributed by atoms with van der Waals surface area (Å²) in [5.74, 6) is -0.590. The number of carbonyl (C=O) groups excluding carboxylic acids is 2. The molecular formula is C19H27ClFN3O3. The monoisotopic (exact) mass is 399 g/mol. The third-order valence-corrected chi connectivity index (χ3v) is 4.57. The SMILES string of the molecule is CC(C)(C)OC(=O)NC[C@](C)(NCC(=O)Nc1cc(Cl)ccc1F)C1CC1. The molecule has 0 aliphatic heterocycles. The normalized spacial score (nSPS) is 16.4. The average Bonchev–Trinajstić information content (AvgIpc) is 3.38. The molecule has 8 heteroatoms. The number of hydrogen-bond acceptors (Lipinski definition) is 4. The van der Waals surface area contributed by atoms with Crippen molar-refractivity contribution in [2.75, 3.05) is 18.4 Å². The van der Waals surface area contributed by atoms with Gasteiger partial charge in [-0.1, -0.05) is 11.6 Å². The lowest BCUT2D eigenvalue weighted by Crippen LogP contribution is -2.55. The Morgan fingerprint density at radius 2 is 1.93 bits per heavy atom. The van der Waals surface area contributed by atoms with Crippen LogP contribution in [0.4, 0.5) is 14.9 Å². The van der Waals surface area contributed by atoms with Crippen molar-refractivity contribution in [3.05, 3.63) is 29.0 Å². The third-order valence-electron chi connectivity index (χ3n) is 4.33. The van der Waals surface area contributed by atoms with Crippen LogP contribution in [0.2, 0.25) is 5.02 Å². The van der Waals surface area contributed by atoms with E-state index in [1.54, 1.807) is 20.8 Å². The zero-order valence-electron chi connectivity index (χ0n) is 16.1. The molecule has 1 atom stereocenters. The molecule has 0 radical (unpaired) electrons. The maximum atomic E-state index is 13.7. The topological polar surface area (TPSA) is 79.5 Å². The van der Waals surface area contributed by atoms with Gasteiger partial charge in [-0.15, -0.1) is 0 Å². The second-order valence-electron chi connectivity index (χ2n) is 8.07. The van der Waals surface area contributed by atoms with Crippen molar-refractivity contribution in [2.24, 2.45) is 5.92 Å². The van der Waals surface area contributed by atoms with Crippen molar-refractivity contribution in [3.63, 3.8) is 0 Å². The first-order valence-electron chi connectivity index (χ1n) is 8.95. The second kappa shape index (κ2) is 8.44. The zero-order chi connectivity index (χ0) is 20.2. The summed E-state index contributed by atoms with van der Waals surface area (Å²) in [5, 5.41) is 8.79. The van der Waals surface area contributed by atoms with Crippen molar-refractivity contribution in [3.8, 4) is 0 Å². The van der Waals surface area contributed by atoms with Crippen LogP contribution in [-0.2, 0) is 9.53 Å². The lowest BCUT2D eigenvalue weighted by molar-refractivity contribution is -0.115. The molecule has 1 aliphatic rings. The van der Waals surface area contributed by atoms with Gasteiger partial charge in [-0.25, -0.2) is 9.18 Å². The van der Waals surface area contributed by atoms with Crippen molar-refractivity contribution in [2.45, 2.75) is 51.7 Å². The summed E-state index contributed by atoms with van der Waals surface area (Å²) < 4.78 is 19.0. The van der Waals surface area contributed by atoms with Crippen LogP contribution in [-0.4, -0.2) is 36.2 Å². The van der Waals surface area contributed by atoms with E-state index in [0.29, 0.717) is 17.5 Å². The fourth-order valence-corrected chi connectivity index (χ4v) is 2.88. The van der Waals surface area contributed by atoms with E-state index in [9.17, 15) is 14.0 Å². The van der Waals surface area contributed by atoms with E-state index in [-0.39, 0.29) is 18.1 Å². The molecule has 2 rings (SSSR count). The first-order valence-corrected chi connectivity index (χ1v) is 9.33. The summed E-state index contributed by atoms with van der Waals surface area (Å²) in [4.78, 5) is 24.1. The number of benzene rings is 1. The van der Waals surface area contributed by atoms with Crippen molar-refractivity contribution in [1.82, 2.24) is 10.6 Å². The summed E-state index contributed by atoms with van der Waals surface area (Å²) in [6, 6.07) is 3.97. The Morgan fingerprint density at radius 1 is 1.26 bits per heavy atom. The van der Waals surface area contributed by atoms with Gasteiger partial charge in [-0.2, -0.15) is 0 Å². The minimum Gasteiger partial charge on any atom is -0.444 e. The first kappa shape index (κ1) is 21.4. The average molecular weight is 400 g/mol. The highest BCUT2D eigenvalue weighted by atomic mass is 35.5. The van der Waals surface area contributed by atoms with Gasteiger partial charge in [0.2, 0.25) is 5.91 Å². The van der Waals surface area contributed by atoms with Gasteiger partial charge >= 0.3 is 6.09 Å². The molecule has 1 aliphatic carbocycles. The maximum absolute atomic E-state index is 13.7. The number of carbonyl (C=O) groups is 2. The molecule has 0 spiro atoms. The van der Waals surface area contributed by atoms with E-state index in [4.69, 9.17) is 16.3 Å². The molecule has 0 heterocycles. The standard InChI is InChI=1S/C19H27ClFN3O3/c1-18(2,3)27-17(26)22-11-19(4,12-5-6-12)23-10-16(25)24-15-9-13(20)7-8-14(15)21/h7-9,12,23H,5-6,10-11H2,1-4H3,(H,22,26)(H,24,25)/t19-/m0/s1. The van der Waals surface area contributed by atoms with Gasteiger partial charge in [-0.05, 0) is 64.7 Å². The van der Waals surface area contributed by atoms with Crippen LogP contribution in [0.1, 0.15) is 40.5 Å². The number of anilines is 1. The Labute approximate surface area is 164 Å². The third kappa shape index (κ3) is 6.99. The van der Waals surface area contributed by atoms with E-state index in [2.05, 4.69) is 16.0 Å². The fourth-order valence-electron chi connectivity index (χ4n) is 2.71. The van der Waals surface area contributed by atoms with Crippen LogP contribution in [0.25, 0.3) is 0 Å². The van der Waals surface area contributed by atoms with Gasteiger partial charge in [0.25, 0.3) is 0 Å². The van der Waals surface area contributed by atoms with Crippen LogP contribution in [0.15, 0.2) is 18.2 Å². The van der Waals surface area contributed by atoms with E-state index < -0.39 is 23.1 Å². The van der Waals surface area contributed by atoms with E-state index in [1.165, 1.54) is 18.2 Å². The summed E-state index contributed by atoms with van der Waals surface area (Å²) >= 11 is 5.83. The highest BCUT2D eigenvalue weighted by molar-refractivity contribution is 6.30. The number of hydrogen-bond donors (Lipinski definition) is 3. The fraction of sp³-hybridized carbons (Fsp3) is 0.579. The van der Waals surface area contributed by atoms with E-state index >= 15 is 0 Å². The molecular weight excluding hydrogens is 373 g/mol. The molecule has 1 aromatic carbocycles. The Bertz CT molecular complexity index is 704. The van der Waals surface area contributed by atoms with Crippen LogP contribution in [0.3, 0.4) is 0 Å². The van der Waals surface area contributed by atoms with Crippen molar-refractivity contribution >= 4 is 29.3 Å². The molecule has 1 aromatic rings. The van der Waals surface area contributed by atoms with E-state index in [0.717, 1.165) is 12.8 Å². The molecule has 1 saturated carbocycles. The van der Waals surface area contributed by atoms with Gasteiger partial charge in [-0.3, -0.25) is 4.79 Å². The zero-order valence-corrected chi connectivity index (χ0v) is 16.9.